The minimum absolute atomic E-state index is 0.0858. The van der Waals surface area contributed by atoms with Crippen molar-refractivity contribution in [2.45, 2.75) is 438 Å². The lowest BCUT2D eigenvalue weighted by molar-refractivity contribution is 0.0394. The van der Waals surface area contributed by atoms with E-state index in [1.54, 1.807) is 0 Å². The molecule has 0 saturated heterocycles. The summed E-state index contributed by atoms with van der Waals surface area (Å²) >= 11 is 0. The average molecular weight is 1100 g/mol. The Morgan fingerprint density at radius 2 is 0.385 bits per heavy atom. The van der Waals surface area contributed by atoms with Gasteiger partial charge in [0.15, 0.2) is 0 Å². The van der Waals surface area contributed by atoms with Crippen LogP contribution in [0.3, 0.4) is 0 Å². The molecule has 4 nitrogen and oxygen atoms in total. The minimum Gasteiger partial charge on any atom is -0.395 e. The van der Waals surface area contributed by atoms with Crippen molar-refractivity contribution in [1.29, 1.82) is 0 Å². The highest BCUT2D eigenvalue weighted by Gasteiger charge is 2.22. The molecule has 0 amide bonds. The van der Waals surface area contributed by atoms with Crippen molar-refractivity contribution < 1.29 is 15.3 Å². The van der Waals surface area contributed by atoms with Crippen molar-refractivity contribution in [2.75, 3.05) is 26.2 Å². The highest BCUT2D eigenvalue weighted by Crippen LogP contribution is 2.27. The summed E-state index contributed by atoms with van der Waals surface area (Å²) < 4.78 is 0. The fourth-order valence-corrected chi connectivity index (χ4v) is 13.2. The molecule has 0 aliphatic heterocycles. The average Bonchev–Trinajstić information content (AvgIpc) is 3.43. The van der Waals surface area contributed by atoms with E-state index in [1.165, 1.54) is 385 Å². The number of hydrogen-bond donors (Lipinski definition) is 3. The molecule has 0 aliphatic carbocycles. The van der Waals surface area contributed by atoms with Gasteiger partial charge in [0.2, 0.25) is 0 Å². The Morgan fingerprint density at radius 3 is 0.538 bits per heavy atom. The number of hydrogen-bond acceptors (Lipinski definition) is 4. The van der Waals surface area contributed by atoms with Gasteiger partial charge in [-0.15, -0.1) is 0 Å². The van der Waals surface area contributed by atoms with Crippen molar-refractivity contribution >= 4 is 0 Å². The number of nitrogens with zero attached hydrogens (tertiary/aromatic N) is 1. The van der Waals surface area contributed by atoms with Crippen LogP contribution in [0.1, 0.15) is 426 Å². The van der Waals surface area contributed by atoms with E-state index < -0.39 is 12.2 Å². The molecule has 2 atom stereocenters. The van der Waals surface area contributed by atoms with Gasteiger partial charge in [-0.3, -0.25) is 4.90 Å². The first-order chi connectivity index (χ1) is 38.5. The van der Waals surface area contributed by atoms with Crippen LogP contribution < -0.4 is 0 Å². The minimum atomic E-state index is -0.395. The Labute approximate surface area is 494 Å². The van der Waals surface area contributed by atoms with Crippen molar-refractivity contribution in [3.05, 3.63) is 0 Å². The van der Waals surface area contributed by atoms with Gasteiger partial charge in [-0.2, -0.15) is 0 Å². The number of aliphatic hydroxyl groups is 3. The largest absolute Gasteiger partial charge is 0.395 e. The Kier molecular flexibility index (Phi) is 67.5. The van der Waals surface area contributed by atoms with E-state index in [0.717, 1.165) is 12.8 Å². The van der Waals surface area contributed by atoms with Crippen molar-refractivity contribution in [3.8, 4) is 0 Å². The van der Waals surface area contributed by atoms with Crippen molar-refractivity contribution in [2.24, 2.45) is 11.8 Å². The topological polar surface area (TPSA) is 63.9 Å². The maximum absolute atomic E-state index is 11.7. The lowest BCUT2D eigenvalue weighted by Gasteiger charge is -2.30. The van der Waals surface area contributed by atoms with Gasteiger partial charge in [-0.25, -0.2) is 0 Å². The Morgan fingerprint density at radius 1 is 0.231 bits per heavy atom. The van der Waals surface area contributed by atoms with E-state index in [9.17, 15) is 15.3 Å². The maximum atomic E-state index is 11.7. The molecule has 0 rings (SSSR count). The lowest BCUT2D eigenvalue weighted by Crippen LogP contribution is -2.40. The predicted molar refractivity (Wildman–Crippen MR) is 351 cm³/mol. The van der Waals surface area contributed by atoms with E-state index in [0.29, 0.717) is 31.5 Å². The van der Waals surface area contributed by atoms with E-state index in [2.05, 4.69) is 32.6 Å². The molecule has 0 aromatic carbocycles. The van der Waals surface area contributed by atoms with Crippen LogP contribution in [0.4, 0.5) is 0 Å². The van der Waals surface area contributed by atoms with Crippen LogP contribution in [0, 0.1) is 11.8 Å². The van der Waals surface area contributed by atoms with Gasteiger partial charge in [0, 0.05) is 19.6 Å². The molecular weight excluding hydrogens is 951 g/mol. The zero-order valence-corrected chi connectivity index (χ0v) is 54.8. The molecule has 3 N–H and O–H groups in total. The van der Waals surface area contributed by atoms with Gasteiger partial charge in [0.05, 0.1) is 18.8 Å². The lowest BCUT2D eigenvalue weighted by atomic mass is 9.88. The third-order valence-electron chi connectivity index (χ3n) is 18.4. The van der Waals surface area contributed by atoms with Crippen molar-refractivity contribution in [1.82, 2.24) is 4.90 Å². The monoisotopic (exact) mass is 1100 g/mol. The van der Waals surface area contributed by atoms with Gasteiger partial charge in [-0.05, 0) is 24.7 Å². The second kappa shape index (κ2) is 67.6. The van der Waals surface area contributed by atoms with Crippen LogP contribution in [-0.4, -0.2) is 58.7 Å². The van der Waals surface area contributed by atoms with Gasteiger partial charge < -0.3 is 15.3 Å². The summed E-state index contributed by atoms with van der Waals surface area (Å²) in [5.41, 5.74) is 0. The van der Waals surface area contributed by atoms with Crippen LogP contribution in [-0.2, 0) is 0 Å². The van der Waals surface area contributed by atoms with Gasteiger partial charge in [0.25, 0.3) is 0 Å². The van der Waals surface area contributed by atoms with E-state index in [1.807, 2.05) is 0 Å². The molecule has 0 aromatic rings. The molecule has 0 spiro atoms. The highest BCUT2D eigenvalue weighted by molar-refractivity contribution is 4.75. The zero-order valence-electron chi connectivity index (χ0n) is 54.8. The second-order valence-corrected chi connectivity index (χ2v) is 26.5. The standard InChI is InChI=1S/C74H151NO3/c1-5-9-13-17-21-25-29-33-37-41-45-49-53-57-61-71(62-58-54-50-46-42-38-34-30-26-22-18-14-10-6-2)67-73(77)69-75(65-66-76)70-74(78)68-72(63-59-55-51-47-43-39-35-31-27-23-19-15-11-7-3)64-60-56-52-48-44-40-36-32-28-24-20-16-12-8-4/h71-74,76-78H,5-70H2,1-4H3. The normalized spacial score (nSPS) is 12.8. The number of rotatable bonds is 70. The Hall–Kier alpha value is -0.160. The van der Waals surface area contributed by atoms with Crippen LogP contribution in [0.2, 0.25) is 0 Å². The molecule has 0 aliphatic rings. The first-order valence-corrected chi connectivity index (χ1v) is 37.2. The summed E-state index contributed by atoms with van der Waals surface area (Å²) in [4.78, 5) is 2.21. The summed E-state index contributed by atoms with van der Waals surface area (Å²) in [6.45, 7) is 11.0. The second-order valence-electron chi connectivity index (χ2n) is 26.5. The molecule has 0 saturated carbocycles. The molecule has 0 bridgehead atoms. The first-order valence-electron chi connectivity index (χ1n) is 37.2. The molecule has 0 fully saturated rings. The van der Waals surface area contributed by atoms with Gasteiger partial charge >= 0.3 is 0 Å². The van der Waals surface area contributed by atoms with Crippen LogP contribution in [0.5, 0.6) is 0 Å². The molecule has 0 radical (unpaired) electrons. The third kappa shape index (κ3) is 61.9. The summed E-state index contributed by atoms with van der Waals surface area (Å²) in [5, 5.41) is 33.7. The molecule has 2 unspecified atom stereocenters. The summed E-state index contributed by atoms with van der Waals surface area (Å²) in [7, 11) is 0. The number of unbranched alkanes of at least 4 members (excludes halogenated alkanes) is 52. The first kappa shape index (κ1) is 77.8. The molecular formula is C74H151NO3. The molecule has 0 heterocycles. The van der Waals surface area contributed by atoms with Crippen molar-refractivity contribution in [3.63, 3.8) is 0 Å². The van der Waals surface area contributed by atoms with Crippen LogP contribution >= 0.6 is 0 Å². The zero-order chi connectivity index (χ0) is 56.6. The SMILES string of the molecule is CCCCCCCCCCCCCCCCC(CCCCCCCCCCCCCCCC)CC(O)CN(CCO)CC(O)CC(CCCCCCCCCCCCCCCC)CCCCCCCCCCCCCCCC. The smallest absolute Gasteiger partial charge is 0.0669 e. The Balaban J connectivity index is 5.10. The molecule has 78 heavy (non-hydrogen) atoms. The predicted octanol–water partition coefficient (Wildman–Crippen LogP) is 24.5. The van der Waals surface area contributed by atoms with Crippen LogP contribution in [0.25, 0.3) is 0 Å². The summed E-state index contributed by atoms with van der Waals surface area (Å²) in [6.07, 6.45) is 84.3. The highest BCUT2D eigenvalue weighted by atomic mass is 16.3. The molecule has 4 heteroatoms. The Bertz CT molecular complexity index is 911. The third-order valence-corrected chi connectivity index (χ3v) is 18.4. The fourth-order valence-electron chi connectivity index (χ4n) is 13.2. The summed E-state index contributed by atoms with van der Waals surface area (Å²) in [5.74, 6) is 1.16. The maximum Gasteiger partial charge on any atom is 0.0669 e. The fraction of sp³-hybridized carbons (Fsp3) is 1.00. The number of aliphatic hydroxyl groups excluding tert-OH is 3. The van der Waals surface area contributed by atoms with Gasteiger partial charge in [-0.1, -0.05) is 413 Å². The van der Waals surface area contributed by atoms with E-state index in [-0.39, 0.29) is 6.61 Å². The van der Waals surface area contributed by atoms with Crippen LogP contribution in [0.15, 0.2) is 0 Å². The van der Waals surface area contributed by atoms with Gasteiger partial charge in [0.1, 0.15) is 0 Å². The molecule has 470 valence electrons. The molecule has 0 aromatic heterocycles. The van der Waals surface area contributed by atoms with E-state index in [4.69, 9.17) is 0 Å². The quantitative estimate of drug-likeness (QED) is 0.0531. The van der Waals surface area contributed by atoms with E-state index >= 15 is 0 Å². The summed E-state index contributed by atoms with van der Waals surface area (Å²) in [6, 6.07) is 0.